The van der Waals surface area contributed by atoms with Crippen molar-refractivity contribution < 1.29 is 4.79 Å². The number of nitrogens with one attached hydrogen (secondary N) is 1. The Kier molecular flexibility index (Phi) is 3.74. The van der Waals surface area contributed by atoms with Gasteiger partial charge in [0, 0.05) is 6.92 Å². The highest BCUT2D eigenvalue weighted by Gasteiger charge is 2.16. The van der Waals surface area contributed by atoms with Crippen LogP contribution in [0.3, 0.4) is 0 Å². The molecule has 0 spiro atoms. The zero-order chi connectivity index (χ0) is 14.0. The lowest BCUT2D eigenvalue weighted by Crippen LogP contribution is -2.12. The number of halogens is 2. The summed E-state index contributed by atoms with van der Waals surface area (Å²) in [5.74, 6) is -0.0458. The van der Waals surface area contributed by atoms with E-state index in [1.165, 1.54) is 17.8 Å². The molecule has 0 aliphatic heterocycles. The van der Waals surface area contributed by atoms with Crippen LogP contribution in [0.1, 0.15) is 12.5 Å². The number of hydrogen-bond donors (Lipinski definition) is 1. The van der Waals surface area contributed by atoms with Crippen LogP contribution in [-0.2, 0) is 4.79 Å². The van der Waals surface area contributed by atoms with Crippen LogP contribution >= 0.6 is 23.2 Å². The van der Waals surface area contributed by atoms with Crippen LogP contribution in [0.2, 0.25) is 10.0 Å². The molecule has 2 rings (SSSR count). The van der Waals surface area contributed by atoms with Gasteiger partial charge in [-0.25, -0.2) is 4.68 Å². The predicted octanol–water partition coefficient (Wildman–Crippen LogP) is 3.01. The molecule has 0 aliphatic carbocycles. The van der Waals surface area contributed by atoms with Gasteiger partial charge in [0.05, 0.1) is 21.9 Å². The molecule has 5 nitrogen and oxygen atoms in total. The van der Waals surface area contributed by atoms with Crippen LogP contribution in [-0.4, -0.2) is 15.7 Å². The molecule has 0 atom stereocenters. The molecule has 0 unspecified atom stereocenters. The van der Waals surface area contributed by atoms with E-state index in [9.17, 15) is 4.79 Å². The van der Waals surface area contributed by atoms with Crippen molar-refractivity contribution in [1.82, 2.24) is 9.78 Å². The van der Waals surface area contributed by atoms with E-state index in [0.29, 0.717) is 15.7 Å². The third-order valence-corrected chi connectivity index (χ3v) is 3.15. The molecule has 0 aliphatic rings. The van der Waals surface area contributed by atoms with Gasteiger partial charge in [-0.05, 0) is 12.1 Å². The molecule has 0 saturated heterocycles. The summed E-state index contributed by atoms with van der Waals surface area (Å²) in [6.45, 7) is 1.35. The number of nitrogens with zero attached hydrogens (tertiary/aromatic N) is 3. The molecular formula is C12H8Cl2N4O. The number of rotatable bonds is 2. The van der Waals surface area contributed by atoms with Gasteiger partial charge in [-0.1, -0.05) is 29.3 Å². The van der Waals surface area contributed by atoms with Crippen molar-refractivity contribution in [2.45, 2.75) is 6.92 Å². The van der Waals surface area contributed by atoms with E-state index < -0.39 is 0 Å². The highest BCUT2D eigenvalue weighted by atomic mass is 35.5. The Hall–Kier alpha value is -2.03. The number of benzene rings is 1. The Morgan fingerprint density at radius 2 is 2.21 bits per heavy atom. The number of carbonyl (C=O) groups excluding carboxylic acids is 1. The lowest BCUT2D eigenvalue weighted by Gasteiger charge is -2.10. The highest BCUT2D eigenvalue weighted by molar-refractivity contribution is 6.43. The van der Waals surface area contributed by atoms with Gasteiger partial charge in [-0.15, -0.1) is 0 Å². The fraction of sp³-hybridized carbons (Fsp3) is 0.0833. The largest absolute Gasteiger partial charge is 0.310 e. The van der Waals surface area contributed by atoms with Crippen LogP contribution in [0, 0.1) is 11.3 Å². The summed E-state index contributed by atoms with van der Waals surface area (Å²) in [6.07, 6.45) is 1.35. The molecule has 0 bridgehead atoms. The summed E-state index contributed by atoms with van der Waals surface area (Å²) < 4.78 is 1.37. The number of anilines is 1. The normalized spacial score (nSPS) is 10.0. The first-order valence-corrected chi connectivity index (χ1v) is 6.00. The van der Waals surface area contributed by atoms with Gasteiger partial charge < -0.3 is 5.32 Å². The van der Waals surface area contributed by atoms with Gasteiger partial charge >= 0.3 is 0 Å². The maximum atomic E-state index is 11.2. The molecular weight excluding hydrogens is 287 g/mol. The highest BCUT2D eigenvalue weighted by Crippen LogP contribution is 2.30. The van der Waals surface area contributed by atoms with Crippen LogP contribution in [0.25, 0.3) is 5.69 Å². The minimum atomic E-state index is -0.309. The van der Waals surface area contributed by atoms with E-state index in [-0.39, 0.29) is 17.3 Å². The fourth-order valence-electron chi connectivity index (χ4n) is 1.56. The maximum Gasteiger partial charge on any atom is 0.222 e. The molecule has 1 amide bonds. The Morgan fingerprint density at radius 3 is 2.84 bits per heavy atom. The average Bonchev–Trinajstić information content (AvgIpc) is 2.75. The van der Waals surface area contributed by atoms with E-state index >= 15 is 0 Å². The maximum absolute atomic E-state index is 11.2. The summed E-state index contributed by atoms with van der Waals surface area (Å²) in [5.41, 5.74) is 0.727. The monoisotopic (exact) mass is 294 g/mol. The predicted molar refractivity (Wildman–Crippen MR) is 72.6 cm³/mol. The third kappa shape index (κ3) is 2.55. The smallest absolute Gasteiger partial charge is 0.222 e. The Morgan fingerprint density at radius 1 is 1.47 bits per heavy atom. The molecule has 1 N–H and O–H groups in total. The molecule has 96 valence electrons. The van der Waals surface area contributed by atoms with E-state index in [1.807, 2.05) is 6.07 Å². The van der Waals surface area contributed by atoms with Crippen molar-refractivity contribution in [3.05, 3.63) is 40.0 Å². The van der Waals surface area contributed by atoms with E-state index in [0.717, 1.165) is 0 Å². The van der Waals surface area contributed by atoms with Gasteiger partial charge in [0.15, 0.2) is 5.82 Å². The van der Waals surface area contributed by atoms with Crippen molar-refractivity contribution in [2.75, 3.05) is 5.32 Å². The van der Waals surface area contributed by atoms with Crippen LogP contribution in [0.15, 0.2) is 24.4 Å². The summed E-state index contributed by atoms with van der Waals surface area (Å²) in [5, 5.41) is 16.3. The quantitative estimate of drug-likeness (QED) is 0.925. The first-order chi connectivity index (χ1) is 9.04. The first kappa shape index (κ1) is 13.4. The molecule has 0 radical (unpaired) electrons. The molecule has 1 aromatic carbocycles. The standard InChI is InChI=1S/C12H8Cl2N4O/c1-7(19)17-12-8(5-15)6-16-18(12)10-4-2-3-9(13)11(10)14/h2-4,6H,1H3,(H,17,19). The second-order valence-corrected chi connectivity index (χ2v) is 4.47. The Labute approximate surface area is 119 Å². The number of aromatic nitrogens is 2. The molecule has 2 aromatic rings. The summed E-state index contributed by atoms with van der Waals surface area (Å²) in [4.78, 5) is 11.2. The molecule has 19 heavy (non-hydrogen) atoms. The van der Waals surface area contributed by atoms with Crippen LogP contribution < -0.4 is 5.32 Å². The fourth-order valence-corrected chi connectivity index (χ4v) is 1.93. The van der Waals surface area contributed by atoms with Gasteiger partial charge in [0.2, 0.25) is 5.91 Å². The lowest BCUT2D eigenvalue weighted by atomic mass is 10.3. The number of amides is 1. The first-order valence-electron chi connectivity index (χ1n) is 5.24. The molecule has 1 aromatic heterocycles. The van der Waals surface area contributed by atoms with Gasteiger partial charge in [-0.3, -0.25) is 4.79 Å². The second-order valence-electron chi connectivity index (χ2n) is 3.68. The van der Waals surface area contributed by atoms with Crippen LogP contribution in [0.5, 0.6) is 0 Å². The van der Waals surface area contributed by atoms with Gasteiger partial charge in [0.25, 0.3) is 0 Å². The summed E-state index contributed by atoms with van der Waals surface area (Å²) >= 11 is 12.0. The van der Waals surface area contributed by atoms with Crippen molar-refractivity contribution in [3.63, 3.8) is 0 Å². The zero-order valence-corrected chi connectivity index (χ0v) is 11.3. The number of carbonyl (C=O) groups is 1. The minimum Gasteiger partial charge on any atom is -0.310 e. The zero-order valence-electron chi connectivity index (χ0n) is 9.82. The Bertz CT molecular complexity index is 688. The molecule has 1 heterocycles. The van der Waals surface area contributed by atoms with E-state index in [4.69, 9.17) is 28.5 Å². The van der Waals surface area contributed by atoms with Crippen molar-refractivity contribution in [1.29, 1.82) is 5.26 Å². The second kappa shape index (κ2) is 5.31. The molecule has 7 heteroatoms. The molecule has 0 saturated carbocycles. The van der Waals surface area contributed by atoms with Gasteiger partial charge in [0.1, 0.15) is 11.6 Å². The average molecular weight is 295 g/mol. The van der Waals surface area contributed by atoms with Crippen molar-refractivity contribution in [2.24, 2.45) is 0 Å². The Balaban J connectivity index is 2.63. The van der Waals surface area contributed by atoms with E-state index in [1.54, 1.807) is 18.2 Å². The summed E-state index contributed by atoms with van der Waals surface area (Å²) in [6, 6.07) is 6.98. The lowest BCUT2D eigenvalue weighted by molar-refractivity contribution is -0.114. The van der Waals surface area contributed by atoms with E-state index in [2.05, 4.69) is 10.4 Å². The van der Waals surface area contributed by atoms with Crippen molar-refractivity contribution >= 4 is 34.9 Å². The van der Waals surface area contributed by atoms with Crippen molar-refractivity contribution in [3.8, 4) is 11.8 Å². The SMILES string of the molecule is CC(=O)Nc1c(C#N)cnn1-c1cccc(Cl)c1Cl. The number of hydrogen-bond acceptors (Lipinski definition) is 3. The van der Waals surface area contributed by atoms with Crippen LogP contribution in [0.4, 0.5) is 5.82 Å². The number of nitriles is 1. The molecule has 0 fully saturated rings. The topological polar surface area (TPSA) is 70.7 Å². The third-order valence-electron chi connectivity index (χ3n) is 2.34. The minimum absolute atomic E-state index is 0.242. The summed E-state index contributed by atoms with van der Waals surface area (Å²) in [7, 11) is 0. The van der Waals surface area contributed by atoms with Gasteiger partial charge in [-0.2, -0.15) is 10.4 Å².